The molecule has 0 aliphatic heterocycles. The molecule has 1 fully saturated rings. The Balaban J connectivity index is 1.78. The zero-order valence-corrected chi connectivity index (χ0v) is 16.6. The van der Waals surface area contributed by atoms with Gasteiger partial charge in [-0.15, -0.1) is 0 Å². The first-order chi connectivity index (χ1) is 12.9. The molecule has 0 saturated heterocycles. The predicted molar refractivity (Wildman–Crippen MR) is 107 cm³/mol. The molecule has 1 N–H and O–H groups in total. The van der Waals surface area contributed by atoms with E-state index in [-0.39, 0.29) is 16.8 Å². The molecule has 1 amide bonds. The highest BCUT2D eigenvalue weighted by molar-refractivity contribution is 7.92. The Bertz CT molecular complexity index is 897. The van der Waals surface area contributed by atoms with Crippen molar-refractivity contribution in [1.82, 2.24) is 4.90 Å². The van der Waals surface area contributed by atoms with Crippen LogP contribution < -0.4 is 4.72 Å². The van der Waals surface area contributed by atoms with Gasteiger partial charge in [-0.2, -0.15) is 0 Å². The molecule has 5 nitrogen and oxygen atoms in total. The summed E-state index contributed by atoms with van der Waals surface area (Å²) in [4.78, 5) is 14.9. The van der Waals surface area contributed by atoms with E-state index in [0.29, 0.717) is 17.2 Å². The first kappa shape index (κ1) is 19.4. The lowest BCUT2D eigenvalue weighted by atomic mass is 9.85. The van der Waals surface area contributed by atoms with Crippen LogP contribution in [0.1, 0.15) is 43.0 Å². The second kappa shape index (κ2) is 8.13. The van der Waals surface area contributed by atoms with Gasteiger partial charge in [0.15, 0.2) is 0 Å². The molecule has 2 unspecified atom stereocenters. The van der Waals surface area contributed by atoms with Crippen LogP contribution in [0, 0.1) is 5.92 Å². The molecule has 1 aliphatic rings. The van der Waals surface area contributed by atoms with E-state index in [1.165, 1.54) is 18.6 Å². The third-order valence-electron chi connectivity index (χ3n) is 5.30. The van der Waals surface area contributed by atoms with Crippen molar-refractivity contribution in [1.29, 1.82) is 0 Å². The molecule has 0 spiro atoms. The quantitative estimate of drug-likeness (QED) is 0.840. The number of benzene rings is 2. The van der Waals surface area contributed by atoms with E-state index in [9.17, 15) is 13.2 Å². The summed E-state index contributed by atoms with van der Waals surface area (Å²) in [6.07, 6.45) is 4.52. The van der Waals surface area contributed by atoms with E-state index in [4.69, 9.17) is 0 Å². The SMILES string of the molecule is CC1CCCCC1N(C)C(=O)c1cccc(NS(=O)(=O)c2ccccc2)c1. The molecule has 2 aromatic carbocycles. The molecule has 0 aromatic heterocycles. The first-order valence-corrected chi connectivity index (χ1v) is 10.8. The molecule has 6 heteroatoms. The number of rotatable bonds is 5. The van der Waals surface area contributed by atoms with Crippen molar-refractivity contribution in [2.75, 3.05) is 11.8 Å². The minimum absolute atomic E-state index is 0.0745. The topological polar surface area (TPSA) is 66.5 Å². The highest BCUT2D eigenvalue weighted by atomic mass is 32.2. The Morgan fingerprint density at radius 2 is 1.74 bits per heavy atom. The van der Waals surface area contributed by atoms with Crippen LogP contribution in [0.2, 0.25) is 0 Å². The van der Waals surface area contributed by atoms with Gasteiger partial charge in [0.05, 0.1) is 4.90 Å². The number of carbonyl (C=O) groups excluding carboxylic acids is 1. The molecule has 3 rings (SSSR count). The van der Waals surface area contributed by atoms with E-state index in [1.54, 1.807) is 42.5 Å². The van der Waals surface area contributed by atoms with E-state index in [1.807, 2.05) is 11.9 Å². The normalized spacial score (nSPS) is 20.1. The molecule has 1 saturated carbocycles. The summed E-state index contributed by atoms with van der Waals surface area (Å²) in [5.74, 6) is 0.405. The van der Waals surface area contributed by atoms with Crippen molar-refractivity contribution in [3.63, 3.8) is 0 Å². The Hall–Kier alpha value is -2.34. The third-order valence-corrected chi connectivity index (χ3v) is 6.70. The number of anilines is 1. The summed E-state index contributed by atoms with van der Waals surface area (Å²) in [5, 5.41) is 0. The maximum atomic E-state index is 12.9. The summed E-state index contributed by atoms with van der Waals surface area (Å²) in [6, 6.07) is 15.1. The van der Waals surface area contributed by atoms with Gasteiger partial charge < -0.3 is 4.90 Å². The van der Waals surface area contributed by atoms with Gasteiger partial charge in [0.2, 0.25) is 0 Å². The molecule has 27 heavy (non-hydrogen) atoms. The first-order valence-electron chi connectivity index (χ1n) is 9.33. The fraction of sp³-hybridized carbons (Fsp3) is 0.381. The summed E-state index contributed by atoms with van der Waals surface area (Å²) < 4.78 is 27.6. The van der Waals surface area contributed by atoms with Crippen molar-refractivity contribution in [2.24, 2.45) is 5.92 Å². The van der Waals surface area contributed by atoms with Gasteiger partial charge in [-0.3, -0.25) is 9.52 Å². The van der Waals surface area contributed by atoms with E-state index in [0.717, 1.165) is 19.3 Å². The largest absolute Gasteiger partial charge is 0.338 e. The van der Waals surface area contributed by atoms with Crippen LogP contribution >= 0.6 is 0 Å². The average Bonchev–Trinajstić information content (AvgIpc) is 2.68. The Morgan fingerprint density at radius 3 is 2.44 bits per heavy atom. The highest BCUT2D eigenvalue weighted by Gasteiger charge is 2.28. The maximum Gasteiger partial charge on any atom is 0.261 e. The van der Waals surface area contributed by atoms with Gasteiger partial charge in [-0.05, 0) is 49.1 Å². The molecule has 0 bridgehead atoms. The van der Waals surface area contributed by atoms with Gasteiger partial charge in [0, 0.05) is 24.3 Å². The third kappa shape index (κ3) is 4.50. The van der Waals surface area contributed by atoms with Crippen LogP contribution in [0.3, 0.4) is 0 Å². The van der Waals surface area contributed by atoms with Crippen molar-refractivity contribution >= 4 is 21.6 Å². The number of hydrogen-bond donors (Lipinski definition) is 1. The van der Waals surface area contributed by atoms with Gasteiger partial charge in [0.1, 0.15) is 0 Å². The lowest BCUT2D eigenvalue weighted by Crippen LogP contribution is -2.42. The summed E-state index contributed by atoms with van der Waals surface area (Å²) in [6.45, 7) is 2.19. The Kier molecular flexibility index (Phi) is 5.85. The predicted octanol–water partition coefficient (Wildman–Crippen LogP) is 4.14. The van der Waals surface area contributed by atoms with Crippen LogP contribution in [-0.2, 0) is 10.0 Å². The van der Waals surface area contributed by atoms with Crippen LogP contribution in [0.5, 0.6) is 0 Å². The van der Waals surface area contributed by atoms with Crippen molar-refractivity contribution in [3.05, 3.63) is 60.2 Å². The molecular formula is C21H26N2O3S. The van der Waals surface area contributed by atoms with E-state index >= 15 is 0 Å². The molecular weight excluding hydrogens is 360 g/mol. The zero-order valence-electron chi connectivity index (χ0n) is 15.8. The van der Waals surface area contributed by atoms with E-state index < -0.39 is 10.0 Å². The summed E-state index contributed by atoms with van der Waals surface area (Å²) in [5.41, 5.74) is 0.873. The Labute approximate surface area is 161 Å². The van der Waals surface area contributed by atoms with Crippen molar-refractivity contribution < 1.29 is 13.2 Å². The van der Waals surface area contributed by atoms with E-state index in [2.05, 4.69) is 11.6 Å². The molecule has 1 aliphatic carbocycles. The molecule has 0 radical (unpaired) electrons. The van der Waals surface area contributed by atoms with Crippen molar-refractivity contribution in [3.8, 4) is 0 Å². The average molecular weight is 387 g/mol. The molecule has 0 heterocycles. The Morgan fingerprint density at radius 1 is 1.04 bits per heavy atom. The second-order valence-electron chi connectivity index (χ2n) is 7.24. The van der Waals surface area contributed by atoms with Gasteiger partial charge in [-0.1, -0.05) is 44.0 Å². The minimum Gasteiger partial charge on any atom is -0.338 e. The van der Waals surface area contributed by atoms with Crippen LogP contribution in [0.25, 0.3) is 0 Å². The van der Waals surface area contributed by atoms with Gasteiger partial charge >= 0.3 is 0 Å². The fourth-order valence-corrected chi connectivity index (χ4v) is 4.83. The minimum atomic E-state index is -3.68. The monoisotopic (exact) mass is 386 g/mol. The number of hydrogen-bond acceptors (Lipinski definition) is 3. The van der Waals surface area contributed by atoms with Gasteiger partial charge in [-0.25, -0.2) is 8.42 Å². The molecule has 2 aromatic rings. The van der Waals surface area contributed by atoms with Crippen LogP contribution in [-0.4, -0.2) is 32.3 Å². The zero-order chi connectivity index (χ0) is 19.4. The smallest absolute Gasteiger partial charge is 0.261 e. The summed E-state index contributed by atoms with van der Waals surface area (Å²) in [7, 11) is -1.84. The number of carbonyl (C=O) groups is 1. The van der Waals surface area contributed by atoms with Gasteiger partial charge in [0.25, 0.3) is 15.9 Å². The van der Waals surface area contributed by atoms with Crippen LogP contribution in [0.4, 0.5) is 5.69 Å². The lowest BCUT2D eigenvalue weighted by Gasteiger charge is -2.36. The number of nitrogens with one attached hydrogen (secondary N) is 1. The van der Waals surface area contributed by atoms with Crippen LogP contribution in [0.15, 0.2) is 59.5 Å². The van der Waals surface area contributed by atoms with Crippen molar-refractivity contribution in [2.45, 2.75) is 43.5 Å². The summed E-state index contributed by atoms with van der Waals surface area (Å²) >= 11 is 0. The number of sulfonamides is 1. The standard InChI is InChI=1S/C21H26N2O3S/c1-16-9-6-7-14-20(16)23(2)21(24)17-10-8-11-18(15-17)22-27(25,26)19-12-4-3-5-13-19/h3-5,8,10-13,15-16,20,22H,6-7,9,14H2,1-2H3. The lowest BCUT2D eigenvalue weighted by molar-refractivity contribution is 0.0629. The number of nitrogens with zero attached hydrogens (tertiary/aromatic N) is 1. The highest BCUT2D eigenvalue weighted by Crippen LogP contribution is 2.28. The second-order valence-corrected chi connectivity index (χ2v) is 8.93. The molecule has 144 valence electrons. The number of amides is 1. The molecule has 2 atom stereocenters. The maximum absolute atomic E-state index is 12.9. The fourth-order valence-electron chi connectivity index (χ4n) is 3.76.